The van der Waals surface area contributed by atoms with Crippen molar-refractivity contribution in [1.82, 2.24) is 29.7 Å². The van der Waals surface area contributed by atoms with E-state index in [1.165, 1.54) is 12.8 Å². The van der Waals surface area contributed by atoms with Crippen LogP contribution in [0.1, 0.15) is 43.6 Å². The van der Waals surface area contributed by atoms with Crippen molar-refractivity contribution >= 4 is 34.4 Å². The molecule has 3 aromatic heterocycles. The van der Waals surface area contributed by atoms with Gasteiger partial charge < -0.3 is 25.2 Å². The second kappa shape index (κ2) is 8.95. The van der Waals surface area contributed by atoms with Gasteiger partial charge in [0.15, 0.2) is 0 Å². The molecule has 10 nitrogen and oxygen atoms in total. The standard InChI is InChI=1S/C23H30N8O2/c1-29(2)22(33)18-11-15-12-26-23(28-21(15)31(18)16-5-3-4-6-16)27-19-8-7-17(13-25-19)30-10-9-24-20(32)14-30/h7-8,11-13,16,22,33H,3-6,9-10,14H2,1-2H3,(H,24,32)(H,25,26,27,28). The van der Waals surface area contributed by atoms with Gasteiger partial charge >= 0.3 is 0 Å². The number of hydrogen-bond donors (Lipinski definition) is 3. The first-order chi connectivity index (χ1) is 16.0. The van der Waals surface area contributed by atoms with Gasteiger partial charge in [-0.15, -0.1) is 0 Å². The Balaban J connectivity index is 1.42. The highest BCUT2D eigenvalue weighted by atomic mass is 16.3. The fraction of sp³-hybridized carbons (Fsp3) is 0.478. The van der Waals surface area contributed by atoms with Crippen LogP contribution in [-0.4, -0.2) is 69.2 Å². The zero-order chi connectivity index (χ0) is 22.9. The van der Waals surface area contributed by atoms with Gasteiger partial charge in [0.25, 0.3) is 0 Å². The average Bonchev–Trinajstić information content (AvgIpc) is 3.46. The second-order valence-electron chi connectivity index (χ2n) is 8.99. The van der Waals surface area contributed by atoms with Crippen LogP contribution in [0.25, 0.3) is 11.0 Å². The van der Waals surface area contributed by atoms with E-state index in [9.17, 15) is 9.90 Å². The first-order valence-corrected chi connectivity index (χ1v) is 11.5. The lowest BCUT2D eigenvalue weighted by atomic mass is 10.2. The number of rotatable bonds is 6. The summed E-state index contributed by atoms with van der Waals surface area (Å²) in [5, 5.41) is 17.7. The maximum absolute atomic E-state index is 11.6. The Morgan fingerprint density at radius 1 is 1.21 bits per heavy atom. The van der Waals surface area contributed by atoms with Crippen molar-refractivity contribution in [1.29, 1.82) is 0 Å². The van der Waals surface area contributed by atoms with Gasteiger partial charge in [-0.3, -0.25) is 9.69 Å². The van der Waals surface area contributed by atoms with E-state index in [1.807, 2.05) is 37.2 Å². The molecule has 5 rings (SSSR count). The molecule has 1 saturated carbocycles. The fourth-order valence-corrected chi connectivity index (χ4v) is 4.72. The summed E-state index contributed by atoms with van der Waals surface area (Å²) in [6.45, 7) is 1.74. The third-order valence-electron chi connectivity index (χ3n) is 6.44. The summed E-state index contributed by atoms with van der Waals surface area (Å²) in [6.07, 6.45) is 7.39. The molecule has 2 fully saturated rings. The molecule has 1 aliphatic heterocycles. The van der Waals surface area contributed by atoms with E-state index in [4.69, 9.17) is 4.98 Å². The van der Waals surface area contributed by atoms with Crippen molar-refractivity contribution in [3.8, 4) is 0 Å². The van der Waals surface area contributed by atoms with E-state index in [0.717, 1.165) is 41.8 Å². The molecule has 33 heavy (non-hydrogen) atoms. The van der Waals surface area contributed by atoms with Gasteiger partial charge in [-0.05, 0) is 45.1 Å². The largest absolute Gasteiger partial charge is 0.373 e. The number of anilines is 3. The number of hydrogen-bond acceptors (Lipinski definition) is 8. The summed E-state index contributed by atoms with van der Waals surface area (Å²) in [5.41, 5.74) is 2.58. The molecule has 174 valence electrons. The van der Waals surface area contributed by atoms with E-state index in [0.29, 0.717) is 30.9 Å². The molecule has 1 aliphatic carbocycles. The van der Waals surface area contributed by atoms with Crippen LogP contribution in [0.4, 0.5) is 17.5 Å². The average molecular weight is 451 g/mol. The molecule has 1 atom stereocenters. The number of aromatic nitrogens is 4. The molecule has 10 heteroatoms. The molecule has 4 heterocycles. The van der Waals surface area contributed by atoms with Crippen LogP contribution < -0.4 is 15.5 Å². The highest BCUT2D eigenvalue weighted by Crippen LogP contribution is 2.36. The lowest BCUT2D eigenvalue weighted by Gasteiger charge is -2.28. The van der Waals surface area contributed by atoms with Crippen LogP contribution in [0.15, 0.2) is 30.6 Å². The number of aliphatic hydroxyl groups is 1. The summed E-state index contributed by atoms with van der Waals surface area (Å²) >= 11 is 0. The van der Waals surface area contributed by atoms with E-state index < -0.39 is 6.23 Å². The van der Waals surface area contributed by atoms with Gasteiger partial charge in [-0.2, -0.15) is 4.98 Å². The number of fused-ring (bicyclic) bond motifs is 1. The molecule has 0 radical (unpaired) electrons. The molecule has 1 saturated heterocycles. The molecule has 0 bridgehead atoms. The summed E-state index contributed by atoms with van der Waals surface area (Å²) < 4.78 is 2.19. The van der Waals surface area contributed by atoms with Gasteiger partial charge in [-0.25, -0.2) is 9.97 Å². The van der Waals surface area contributed by atoms with E-state index in [-0.39, 0.29) is 5.91 Å². The fourth-order valence-electron chi connectivity index (χ4n) is 4.72. The maximum atomic E-state index is 11.6. The lowest BCUT2D eigenvalue weighted by molar-refractivity contribution is -0.120. The van der Waals surface area contributed by atoms with Gasteiger partial charge in [0.1, 0.15) is 17.7 Å². The van der Waals surface area contributed by atoms with E-state index in [1.54, 1.807) is 17.3 Å². The van der Waals surface area contributed by atoms with Gasteiger partial charge in [0.05, 0.1) is 24.1 Å². The first kappa shape index (κ1) is 21.6. The number of carbonyl (C=O) groups is 1. The summed E-state index contributed by atoms with van der Waals surface area (Å²) in [5.74, 6) is 1.12. The predicted molar refractivity (Wildman–Crippen MR) is 126 cm³/mol. The molecule has 1 amide bonds. The molecule has 0 aromatic carbocycles. The third-order valence-corrected chi connectivity index (χ3v) is 6.44. The highest BCUT2D eigenvalue weighted by Gasteiger charge is 2.26. The summed E-state index contributed by atoms with van der Waals surface area (Å²) in [6, 6.07) is 6.13. The van der Waals surface area contributed by atoms with Gasteiger partial charge in [0.2, 0.25) is 11.9 Å². The van der Waals surface area contributed by atoms with Crippen molar-refractivity contribution in [2.45, 2.75) is 38.0 Å². The number of carbonyl (C=O) groups excluding carboxylic acids is 1. The Morgan fingerprint density at radius 2 is 2.03 bits per heavy atom. The normalized spacial score (nSPS) is 18.2. The van der Waals surface area contributed by atoms with E-state index >= 15 is 0 Å². The number of aliphatic hydroxyl groups excluding tert-OH is 1. The molecule has 3 N–H and O–H groups in total. The molecule has 3 aromatic rings. The zero-order valence-corrected chi connectivity index (χ0v) is 19.0. The minimum absolute atomic E-state index is 0.0224. The second-order valence-corrected chi connectivity index (χ2v) is 8.99. The molecule has 0 spiro atoms. The van der Waals surface area contributed by atoms with E-state index in [2.05, 4.69) is 25.2 Å². The summed E-state index contributed by atoms with van der Waals surface area (Å²) in [7, 11) is 3.73. The Hall–Kier alpha value is -3.24. The topological polar surface area (TPSA) is 111 Å². The van der Waals surface area contributed by atoms with Crippen LogP contribution in [0.5, 0.6) is 0 Å². The number of nitrogens with one attached hydrogen (secondary N) is 2. The summed E-state index contributed by atoms with van der Waals surface area (Å²) in [4.78, 5) is 29.2. The monoisotopic (exact) mass is 450 g/mol. The highest BCUT2D eigenvalue weighted by molar-refractivity contribution is 5.82. The van der Waals surface area contributed by atoms with Crippen molar-refractivity contribution in [3.05, 3.63) is 36.3 Å². The van der Waals surface area contributed by atoms with Crippen LogP contribution in [-0.2, 0) is 4.79 Å². The Labute approximate surface area is 192 Å². The SMILES string of the molecule is CN(C)C(O)c1cc2cnc(Nc3ccc(N4CCNC(=O)C4)cn3)nc2n1C1CCCC1. The molecule has 1 unspecified atom stereocenters. The van der Waals surface area contributed by atoms with Crippen LogP contribution >= 0.6 is 0 Å². The minimum Gasteiger partial charge on any atom is -0.373 e. The van der Waals surface area contributed by atoms with Crippen LogP contribution in [0.3, 0.4) is 0 Å². The van der Waals surface area contributed by atoms with Crippen molar-refractivity contribution in [2.75, 3.05) is 43.9 Å². The number of amides is 1. The molecular formula is C23H30N8O2. The smallest absolute Gasteiger partial charge is 0.239 e. The Kier molecular flexibility index (Phi) is 5.86. The predicted octanol–water partition coefficient (Wildman–Crippen LogP) is 2.17. The number of nitrogens with zero attached hydrogens (tertiary/aromatic N) is 6. The maximum Gasteiger partial charge on any atom is 0.239 e. The first-order valence-electron chi connectivity index (χ1n) is 11.5. The van der Waals surface area contributed by atoms with Crippen molar-refractivity contribution in [2.24, 2.45) is 0 Å². The Bertz CT molecular complexity index is 1140. The van der Waals surface area contributed by atoms with Crippen LogP contribution in [0.2, 0.25) is 0 Å². The quantitative estimate of drug-likeness (QED) is 0.490. The number of piperazine rings is 1. The molecular weight excluding hydrogens is 420 g/mol. The minimum atomic E-state index is -0.706. The zero-order valence-electron chi connectivity index (χ0n) is 19.0. The Morgan fingerprint density at radius 3 is 2.73 bits per heavy atom. The lowest BCUT2D eigenvalue weighted by Crippen LogP contribution is -2.47. The van der Waals surface area contributed by atoms with Crippen molar-refractivity contribution < 1.29 is 9.90 Å². The van der Waals surface area contributed by atoms with Gasteiger partial charge in [-0.1, -0.05) is 12.8 Å². The van der Waals surface area contributed by atoms with Crippen molar-refractivity contribution in [3.63, 3.8) is 0 Å². The number of pyridine rings is 1. The van der Waals surface area contributed by atoms with Crippen LogP contribution in [0, 0.1) is 0 Å². The molecule has 2 aliphatic rings. The third kappa shape index (κ3) is 4.36. The van der Waals surface area contributed by atoms with Gasteiger partial charge in [0, 0.05) is 30.7 Å².